The Morgan fingerprint density at radius 1 is 0.500 bits per heavy atom. The van der Waals surface area contributed by atoms with Crippen LogP contribution in [0.1, 0.15) is 40.5 Å². The average molecular weight is 580 g/mol. The highest BCUT2D eigenvalue weighted by Gasteiger charge is 2.35. The summed E-state index contributed by atoms with van der Waals surface area (Å²) >= 11 is 0. The zero-order valence-electron chi connectivity index (χ0n) is 14.3. The fourth-order valence-electron chi connectivity index (χ4n) is 2.10. The van der Waals surface area contributed by atoms with E-state index in [9.17, 15) is 0 Å². The normalized spacial score (nSPS) is 22.4. The largest absolute Gasteiger partial charge is 0.315 e. The summed E-state index contributed by atoms with van der Waals surface area (Å²) in [5, 5.41) is 14.3. The first-order valence-electron chi connectivity index (χ1n) is 7.37. The van der Waals surface area contributed by atoms with Gasteiger partial charge in [0.15, 0.2) is 0 Å². The molecular weight excluding hydrogens is 544 g/mol. The van der Waals surface area contributed by atoms with Gasteiger partial charge in [-0.15, -0.1) is 67.9 Å². The van der Waals surface area contributed by atoms with Crippen molar-refractivity contribution in [2.45, 2.75) is 51.6 Å². The molecule has 4 N–H and O–H groups in total. The first-order valence-corrected chi connectivity index (χ1v) is 7.37. The maximum atomic E-state index is 3.68. The second-order valence-corrected chi connectivity index (χ2v) is 6.31. The van der Waals surface area contributed by atoms with E-state index in [1.807, 2.05) is 0 Å². The topological polar surface area (TPSA) is 48.1 Å². The SMILES string of the molecule is Br.Br.Br.Br.CC1(C)NCCCNCCNCCCNC1(C)C. The second-order valence-electron chi connectivity index (χ2n) is 6.31. The van der Waals surface area contributed by atoms with Gasteiger partial charge in [-0.2, -0.15) is 0 Å². The van der Waals surface area contributed by atoms with Crippen molar-refractivity contribution in [3.63, 3.8) is 0 Å². The molecule has 0 saturated carbocycles. The van der Waals surface area contributed by atoms with Crippen LogP contribution in [0.15, 0.2) is 0 Å². The molecule has 0 atom stereocenters. The van der Waals surface area contributed by atoms with Crippen LogP contribution in [0.2, 0.25) is 0 Å². The van der Waals surface area contributed by atoms with Gasteiger partial charge < -0.3 is 21.3 Å². The van der Waals surface area contributed by atoms with Crippen molar-refractivity contribution in [1.29, 1.82) is 0 Å². The van der Waals surface area contributed by atoms with Gasteiger partial charge in [0, 0.05) is 24.2 Å². The monoisotopic (exact) mass is 576 g/mol. The zero-order chi connectivity index (χ0) is 13.5. The molecule has 0 spiro atoms. The van der Waals surface area contributed by atoms with Gasteiger partial charge in [0.1, 0.15) is 0 Å². The van der Waals surface area contributed by atoms with Crippen molar-refractivity contribution in [3.05, 3.63) is 0 Å². The predicted octanol–water partition coefficient (Wildman–Crippen LogP) is 3.01. The summed E-state index contributed by atoms with van der Waals surface area (Å²) in [5.74, 6) is 0. The van der Waals surface area contributed by atoms with Gasteiger partial charge in [-0.25, -0.2) is 0 Å². The number of halogens is 4. The Morgan fingerprint density at radius 2 is 0.818 bits per heavy atom. The van der Waals surface area contributed by atoms with Gasteiger partial charge >= 0.3 is 0 Å². The van der Waals surface area contributed by atoms with Crippen LogP contribution in [0.4, 0.5) is 0 Å². The molecule has 0 aromatic rings. The van der Waals surface area contributed by atoms with Gasteiger partial charge in [-0.05, 0) is 66.7 Å². The van der Waals surface area contributed by atoms with Gasteiger partial charge in [0.2, 0.25) is 0 Å². The predicted molar refractivity (Wildman–Crippen MR) is 120 cm³/mol. The first-order chi connectivity index (χ1) is 8.46. The van der Waals surface area contributed by atoms with E-state index >= 15 is 0 Å². The van der Waals surface area contributed by atoms with Crippen LogP contribution >= 0.6 is 67.9 Å². The van der Waals surface area contributed by atoms with E-state index in [-0.39, 0.29) is 79.0 Å². The molecule has 1 aliphatic heterocycles. The minimum absolute atomic E-state index is 0. The highest BCUT2D eigenvalue weighted by molar-refractivity contribution is 8.93. The van der Waals surface area contributed by atoms with Crippen molar-refractivity contribution in [1.82, 2.24) is 21.3 Å². The molecule has 0 radical (unpaired) electrons. The molecule has 0 unspecified atom stereocenters. The zero-order valence-corrected chi connectivity index (χ0v) is 21.1. The van der Waals surface area contributed by atoms with Crippen molar-refractivity contribution < 1.29 is 0 Å². The van der Waals surface area contributed by atoms with E-state index in [0.717, 1.165) is 39.3 Å². The minimum Gasteiger partial charge on any atom is -0.315 e. The molecule has 22 heavy (non-hydrogen) atoms. The molecule has 0 amide bonds. The van der Waals surface area contributed by atoms with E-state index in [2.05, 4.69) is 49.0 Å². The number of hydrogen-bond donors (Lipinski definition) is 4. The van der Waals surface area contributed by atoms with E-state index < -0.39 is 0 Å². The molecule has 1 aliphatic rings. The quantitative estimate of drug-likeness (QED) is 0.357. The number of nitrogens with one attached hydrogen (secondary N) is 4. The summed E-state index contributed by atoms with van der Waals surface area (Å²) in [5.41, 5.74) is 0.203. The maximum Gasteiger partial charge on any atom is 0.0301 e. The molecule has 1 heterocycles. The minimum atomic E-state index is 0. The highest BCUT2D eigenvalue weighted by Crippen LogP contribution is 2.20. The van der Waals surface area contributed by atoms with Crippen LogP contribution in [0.3, 0.4) is 0 Å². The fourth-order valence-corrected chi connectivity index (χ4v) is 2.10. The summed E-state index contributed by atoms with van der Waals surface area (Å²) in [6.07, 6.45) is 2.36. The Balaban J connectivity index is -0.000000405. The van der Waals surface area contributed by atoms with E-state index in [1.54, 1.807) is 0 Å². The van der Waals surface area contributed by atoms with Crippen molar-refractivity contribution in [2.24, 2.45) is 0 Å². The number of rotatable bonds is 0. The molecular formula is C14H36Br4N4. The van der Waals surface area contributed by atoms with Crippen LogP contribution in [-0.2, 0) is 0 Å². The molecule has 1 saturated heterocycles. The lowest BCUT2D eigenvalue weighted by Gasteiger charge is -2.43. The Bertz CT molecular complexity index is 217. The van der Waals surface area contributed by atoms with Crippen LogP contribution in [0, 0.1) is 0 Å². The maximum absolute atomic E-state index is 3.68. The van der Waals surface area contributed by atoms with E-state index in [1.165, 1.54) is 12.8 Å². The summed E-state index contributed by atoms with van der Waals surface area (Å²) < 4.78 is 0. The Morgan fingerprint density at radius 3 is 1.14 bits per heavy atom. The van der Waals surface area contributed by atoms with Crippen LogP contribution in [-0.4, -0.2) is 50.3 Å². The fraction of sp³-hybridized carbons (Fsp3) is 1.00. The lowest BCUT2D eigenvalue weighted by molar-refractivity contribution is 0.192. The first kappa shape index (κ1) is 31.5. The third-order valence-electron chi connectivity index (χ3n) is 4.24. The van der Waals surface area contributed by atoms with Crippen LogP contribution in [0.25, 0.3) is 0 Å². The number of hydrogen-bond acceptors (Lipinski definition) is 4. The molecule has 140 valence electrons. The van der Waals surface area contributed by atoms with Gasteiger partial charge in [-0.1, -0.05) is 0 Å². The summed E-state index contributed by atoms with van der Waals surface area (Å²) in [4.78, 5) is 0. The van der Waals surface area contributed by atoms with Crippen LogP contribution in [0.5, 0.6) is 0 Å². The van der Waals surface area contributed by atoms with E-state index in [0.29, 0.717) is 0 Å². The Hall–Kier alpha value is 1.76. The summed E-state index contributed by atoms with van der Waals surface area (Å²) in [6, 6.07) is 0. The molecule has 0 bridgehead atoms. The van der Waals surface area contributed by atoms with Crippen molar-refractivity contribution >= 4 is 67.9 Å². The molecule has 0 aromatic heterocycles. The standard InChI is InChI=1S/C14H32N4.4BrH/c1-13(2)14(3,4)18-10-6-8-16-12-11-15-7-5-9-17-13;;;;/h15-18H,5-12H2,1-4H3;4*1H. The molecule has 0 aliphatic carbocycles. The van der Waals surface area contributed by atoms with Gasteiger partial charge in [-0.3, -0.25) is 0 Å². The Kier molecular flexibility index (Phi) is 23.3. The smallest absolute Gasteiger partial charge is 0.0301 e. The highest BCUT2D eigenvalue weighted by atomic mass is 79.9. The van der Waals surface area contributed by atoms with Crippen molar-refractivity contribution in [3.8, 4) is 0 Å². The second kappa shape index (κ2) is 16.2. The third kappa shape index (κ3) is 12.2. The van der Waals surface area contributed by atoms with Gasteiger partial charge in [0.25, 0.3) is 0 Å². The van der Waals surface area contributed by atoms with Crippen molar-refractivity contribution in [2.75, 3.05) is 39.3 Å². The summed E-state index contributed by atoms with van der Waals surface area (Å²) in [6.45, 7) is 15.6. The van der Waals surface area contributed by atoms with E-state index in [4.69, 9.17) is 0 Å². The molecule has 0 aromatic carbocycles. The lowest BCUT2D eigenvalue weighted by Crippen LogP contribution is -2.63. The molecule has 1 rings (SSSR count). The molecule has 4 nitrogen and oxygen atoms in total. The third-order valence-corrected chi connectivity index (χ3v) is 4.24. The lowest BCUT2D eigenvalue weighted by atomic mass is 9.82. The Labute approximate surface area is 179 Å². The average Bonchev–Trinajstić information content (AvgIpc) is 2.29. The van der Waals surface area contributed by atoms with Crippen LogP contribution < -0.4 is 21.3 Å². The molecule has 1 fully saturated rings. The summed E-state index contributed by atoms with van der Waals surface area (Å²) in [7, 11) is 0. The van der Waals surface area contributed by atoms with Gasteiger partial charge in [0.05, 0.1) is 0 Å². The molecule has 8 heteroatoms.